The Hall–Kier alpha value is -3.00. The summed E-state index contributed by atoms with van der Waals surface area (Å²) in [6, 6.07) is 7.83. The van der Waals surface area contributed by atoms with Crippen molar-refractivity contribution in [2.45, 2.75) is 52.2 Å². The Kier molecular flexibility index (Phi) is 6.25. The fraction of sp³-hybridized carbons (Fsp3) is 0.500. The van der Waals surface area contributed by atoms with Crippen molar-refractivity contribution in [3.05, 3.63) is 41.8 Å². The first-order valence-electron chi connectivity index (χ1n) is 12.3. The van der Waals surface area contributed by atoms with Crippen LogP contribution in [0, 0.1) is 0 Å². The van der Waals surface area contributed by atoms with Crippen molar-refractivity contribution >= 4 is 40.2 Å². The Morgan fingerprint density at radius 3 is 2.54 bits per heavy atom. The predicted molar refractivity (Wildman–Crippen MR) is 140 cm³/mol. The molecule has 1 aromatic carbocycles. The molecule has 0 unspecified atom stereocenters. The number of halogens is 1. The van der Waals surface area contributed by atoms with Gasteiger partial charge in [-0.3, -0.25) is 4.57 Å². The van der Waals surface area contributed by atoms with Crippen molar-refractivity contribution in [1.82, 2.24) is 19.4 Å². The number of carbonyl (C=O) groups excluding carboxylic acids is 1. The van der Waals surface area contributed by atoms with Gasteiger partial charge in [0.2, 0.25) is 0 Å². The van der Waals surface area contributed by atoms with Gasteiger partial charge in [-0.05, 0) is 58.7 Å². The fourth-order valence-corrected chi connectivity index (χ4v) is 5.21. The number of rotatable bonds is 3. The van der Waals surface area contributed by atoms with E-state index in [1.807, 2.05) is 49.9 Å². The maximum atomic E-state index is 12.7. The number of hydrogen-bond acceptors (Lipinski definition) is 6. The van der Waals surface area contributed by atoms with Gasteiger partial charge in [0.25, 0.3) is 0 Å². The number of fused-ring (bicyclic) bond motifs is 1. The molecular formula is C26H33ClN6O2. The zero-order valence-corrected chi connectivity index (χ0v) is 21.6. The summed E-state index contributed by atoms with van der Waals surface area (Å²) in [5.41, 5.74) is 2.47. The van der Waals surface area contributed by atoms with Crippen LogP contribution in [0.4, 0.5) is 16.3 Å². The van der Waals surface area contributed by atoms with Gasteiger partial charge >= 0.3 is 6.09 Å². The van der Waals surface area contributed by atoms with Gasteiger partial charge < -0.3 is 19.4 Å². The second-order valence-electron chi connectivity index (χ2n) is 10.4. The number of aromatic nitrogens is 3. The van der Waals surface area contributed by atoms with Crippen LogP contribution in [-0.4, -0.2) is 69.9 Å². The first-order chi connectivity index (χ1) is 16.7. The summed E-state index contributed by atoms with van der Waals surface area (Å²) in [6.45, 7) is 11.7. The molecule has 3 aromatic rings. The predicted octanol–water partition coefficient (Wildman–Crippen LogP) is 5.12. The van der Waals surface area contributed by atoms with Crippen LogP contribution in [0.5, 0.6) is 0 Å². The van der Waals surface area contributed by atoms with Crippen molar-refractivity contribution < 1.29 is 9.53 Å². The third-order valence-electron chi connectivity index (χ3n) is 6.63. The third kappa shape index (κ3) is 4.76. The molecule has 2 aliphatic rings. The number of carbonyl (C=O) groups is 1. The van der Waals surface area contributed by atoms with Crippen LogP contribution in [0.2, 0.25) is 5.02 Å². The number of piperazine rings is 1. The maximum Gasteiger partial charge on any atom is 0.410 e. The monoisotopic (exact) mass is 496 g/mol. The van der Waals surface area contributed by atoms with Crippen LogP contribution in [0.3, 0.4) is 0 Å². The number of amides is 1. The summed E-state index contributed by atoms with van der Waals surface area (Å²) in [5.74, 6) is 0.911. The van der Waals surface area contributed by atoms with Crippen LogP contribution in [0.1, 0.15) is 40.5 Å². The van der Waals surface area contributed by atoms with Crippen LogP contribution in [0.15, 0.2) is 36.8 Å². The summed E-state index contributed by atoms with van der Waals surface area (Å²) in [6.07, 6.45) is 5.90. The zero-order chi connectivity index (χ0) is 24.7. The molecule has 4 heterocycles. The summed E-state index contributed by atoms with van der Waals surface area (Å²) in [4.78, 5) is 28.7. The second-order valence-corrected chi connectivity index (χ2v) is 10.9. The smallest absolute Gasteiger partial charge is 0.410 e. The second kappa shape index (κ2) is 9.22. The Morgan fingerprint density at radius 2 is 1.86 bits per heavy atom. The molecule has 5 rings (SSSR count). The van der Waals surface area contributed by atoms with E-state index >= 15 is 0 Å². The van der Waals surface area contributed by atoms with E-state index < -0.39 is 5.60 Å². The summed E-state index contributed by atoms with van der Waals surface area (Å²) in [5, 5.41) is 1.74. The van der Waals surface area contributed by atoms with E-state index in [0.717, 1.165) is 41.3 Å². The van der Waals surface area contributed by atoms with Gasteiger partial charge in [0.05, 0.1) is 11.1 Å². The molecule has 9 heteroatoms. The maximum absolute atomic E-state index is 12.7. The lowest BCUT2D eigenvalue weighted by Crippen LogP contribution is -2.55. The van der Waals surface area contributed by atoms with Gasteiger partial charge in [-0.2, -0.15) is 0 Å². The molecule has 8 nitrogen and oxygen atoms in total. The minimum absolute atomic E-state index is 0.00568. The van der Waals surface area contributed by atoms with Gasteiger partial charge in [-0.15, -0.1) is 0 Å². The molecule has 2 saturated heterocycles. The lowest BCUT2D eigenvalue weighted by atomic mass is 10.1. The van der Waals surface area contributed by atoms with Gasteiger partial charge in [0, 0.05) is 55.7 Å². The molecule has 2 aliphatic heterocycles. The molecule has 186 valence electrons. The SMILES string of the molecule is C[C@@H]1CN(c2ncnc3c2c(N2CCCC2)cn3-c2cccc(Cl)c2)CCN1C(=O)OC(C)(C)C. The fourth-order valence-electron chi connectivity index (χ4n) is 5.03. The number of hydrogen-bond donors (Lipinski definition) is 0. The van der Waals surface area contributed by atoms with Gasteiger partial charge in [-0.25, -0.2) is 14.8 Å². The highest BCUT2D eigenvalue weighted by Crippen LogP contribution is 2.38. The summed E-state index contributed by atoms with van der Waals surface area (Å²) in [7, 11) is 0. The van der Waals surface area contributed by atoms with E-state index in [4.69, 9.17) is 26.3 Å². The van der Waals surface area contributed by atoms with Gasteiger partial charge in [0.15, 0.2) is 5.65 Å². The molecule has 1 amide bonds. The van der Waals surface area contributed by atoms with Crippen LogP contribution >= 0.6 is 11.6 Å². The molecule has 0 bridgehead atoms. The molecule has 2 aromatic heterocycles. The van der Waals surface area contributed by atoms with E-state index in [1.54, 1.807) is 6.33 Å². The Balaban J connectivity index is 1.52. The molecule has 2 fully saturated rings. The third-order valence-corrected chi connectivity index (χ3v) is 6.87. The molecule has 35 heavy (non-hydrogen) atoms. The highest BCUT2D eigenvalue weighted by atomic mass is 35.5. The molecule has 0 spiro atoms. The molecule has 0 N–H and O–H groups in total. The summed E-state index contributed by atoms with van der Waals surface area (Å²) < 4.78 is 7.74. The average molecular weight is 497 g/mol. The lowest BCUT2D eigenvalue weighted by molar-refractivity contribution is 0.0159. The number of anilines is 2. The average Bonchev–Trinajstić information content (AvgIpc) is 3.45. The number of nitrogens with zero attached hydrogens (tertiary/aromatic N) is 6. The molecule has 0 saturated carbocycles. The number of ether oxygens (including phenoxy) is 1. The zero-order valence-electron chi connectivity index (χ0n) is 20.9. The van der Waals surface area contributed by atoms with Gasteiger partial charge in [-0.1, -0.05) is 17.7 Å². The Labute approximate surface area is 211 Å². The minimum atomic E-state index is -0.513. The largest absolute Gasteiger partial charge is 0.444 e. The molecule has 0 aliphatic carbocycles. The van der Waals surface area contributed by atoms with Crippen molar-refractivity contribution in [2.75, 3.05) is 42.5 Å². The van der Waals surface area contributed by atoms with E-state index in [2.05, 4.69) is 27.5 Å². The Morgan fingerprint density at radius 1 is 1.09 bits per heavy atom. The van der Waals surface area contributed by atoms with E-state index in [0.29, 0.717) is 24.7 Å². The lowest BCUT2D eigenvalue weighted by Gasteiger charge is -2.41. The van der Waals surface area contributed by atoms with Crippen LogP contribution in [0.25, 0.3) is 16.7 Å². The van der Waals surface area contributed by atoms with Crippen LogP contribution in [-0.2, 0) is 4.74 Å². The Bertz CT molecular complexity index is 1230. The minimum Gasteiger partial charge on any atom is -0.444 e. The quantitative estimate of drug-likeness (QED) is 0.501. The summed E-state index contributed by atoms with van der Waals surface area (Å²) >= 11 is 6.32. The first-order valence-corrected chi connectivity index (χ1v) is 12.7. The number of benzene rings is 1. The molecule has 1 atom stereocenters. The van der Waals surface area contributed by atoms with E-state index in [9.17, 15) is 4.79 Å². The molecular weight excluding hydrogens is 464 g/mol. The van der Waals surface area contributed by atoms with Crippen molar-refractivity contribution in [3.63, 3.8) is 0 Å². The topological polar surface area (TPSA) is 66.7 Å². The van der Waals surface area contributed by atoms with E-state index in [-0.39, 0.29) is 12.1 Å². The standard InChI is InChI=1S/C26H33ClN6O2/c1-18-15-31(12-13-32(18)25(34)35-26(2,3)4)23-22-21(30-10-5-6-11-30)16-33(24(22)29-17-28-23)20-9-7-8-19(27)14-20/h7-9,14,16-18H,5-6,10-13,15H2,1-4H3/t18-/m1/s1. The normalized spacial score (nSPS) is 19.0. The highest BCUT2D eigenvalue weighted by Gasteiger charge is 2.33. The van der Waals surface area contributed by atoms with Crippen molar-refractivity contribution in [2.24, 2.45) is 0 Å². The van der Waals surface area contributed by atoms with Gasteiger partial charge in [0.1, 0.15) is 17.7 Å². The first kappa shape index (κ1) is 23.7. The van der Waals surface area contributed by atoms with Crippen molar-refractivity contribution in [3.8, 4) is 5.69 Å². The van der Waals surface area contributed by atoms with E-state index in [1.165, 1.54) is 12.8 Å². The van der Waals surface area contributed by atoms with Crippen LogP contribution < -0.4 is 9.80 Å². The highest BCUT2D eigenvalue weighted by molar-refractivity contribution is 6.30. The molecule has 0 radical (unpaired) electrons. The van der Waals surface area contributed by atoms with Crippen molar-refractivity contribution in [1.29, 1.82) is 0 Å².